The lowest BCUT2D eigenvalue weighted by Gasteiger charge is -2.10. The minimum absolute atomic E-state index is 0.0715. The van der Waals surface area contributed by atoms with Crippen molar-refractivity contribution in [2.75, 3.05) is 12.3 Å². The third-order valence-corrected chi connectivity index (χ3v) is 5.88. The number of nitrogens with one attached hydrogen (secondary N) is 1. The van der Waals surface area contributed by atoms with E-state index >= 15 is 0 Å². The highest BCUT2D eigenvalue weighted by molar-refractivity contribution is 7.99. The van der Waals surface area contributed by atoms with Crippen LogP contribution in [0.1, 0.15) is 10.4 Å². The maximum absolute atomic E-state index is 12.7. The van der Waals surface area contributed by atoms with Gasteiger partial charge in [-0.1, -0.05) is 48.2 Å². The van der Waals surface area contributed by atoms with E-state index in [9.17, 15) is 9.59 Å². The van der Waals surface area contributed by atoms with Crippen molar-refractivity contribution >= 4 is 39.2 Å². The molecule has 0 aliphatic heterocycles. The topological polar surface area (TPSA) is 64.0 Å². The summed E-state index contributed by atoms with van der Waals surface area (Å²) in [6, 6.07) is 11.9. The first kappa shape index (κ1) is 19.4. The molecule has 0 atom stereocenters. The number of aromatic nitrogens is 2. The second kappa shape index (κ2) is 9.01. The number of hydrogen-bond acceptors (Lipinski definition) is 5. The summed E-state index contributed by atoms with van der Waals surface area (Å²) in [4.78, 5) is 31.2. The van der Waals surface area contributed by atoms with Crippen LogP contribution in [0.2, 0.25) is 0 Å². The van der Waals surface area contributed by atoms with Gasteiger partial charge in [0.05, 0.1) is 11.1 Å². The van der Waals surface area contributed by atoms with Crippen LogP contribution in [0.3, 0.4) is 0 Å². The third kappa shape index (κ3) is 4.87. The molecule has 1 aromatic carbocycles. The molecule has 0 aliphatic rings. The molecule has 0 spiro atoms. The van der Waals surface area contributed by atoms with Gasteiger partial charge < -0.3 is 5.32 Å². The fourth-order valence-electron chi connectivity index (χ4n) is 2.69. The number of rotatable bonds is 8. The van der Waals surface area contributed by atoms with Gasteiger partial charge in [-0.2, -0.15) is 0 Å². The van der Waals surface area contributed by atoms with Crippen molar-refractivity contribution in [1.29, 1.82) is 0 Å². The SMILES string of the molecule is C=CCn1c(SCC(=O)NCCc2ccccc2)nc2sc(C)cc2c1=O. The zero-order chi connectivity index (χ0) is 19.2. The van der Waals surface area contributed by atoms with Crippen LogP contribution in [0.4, 0.5) is 0 Å². The average molecular weight is 400 g/mol. The van der Waals surface area contributed by atoms with Crippen LogP contribution in [-0.2, 0) is 17.8 Å². The summed E-state index contributed by atoms with van der Waals surface area (Å²) in [5.74, 6) is 0.145. The Morgan fingerprint density at radius 3 is 2.89 bits per heavy atom. The molecule has 1 N–H and O–H groups in total. The van der Waals surface area contributed by atoms with Gasteiger partial charge in [-0.3, -0.25) is 14.2 Å². The lowest BCUT2D eigenvalue weighted by atomic mass is 10.1. The fourth-order valence-corrected chi connectivity index (χ4v) is 4.45. The number of amides is 1. The van der Waals surface area contributed by atoms with Crippen LogP contribution in [-0.4, -0.2) is 27.8 Å². The zero-order valence-electron chi connectivity index (χ0n) is 15.1. The molecule has 0 saturated carbocycles. The molecule has 5 nitrogen and oxygen atoms in total. The molecule has 0 radical (unpaired) electrons. The van der Waals surface area contributed by atoms with Gasteiger partial charge in [-0.25, -0.2) is 4.98 Å². The average Bonchev–Trinajstić information content (AvgIpc) is 3.04. The number of thiophene rings is 1. The van der Waals surface area contributed by atoms with Crippen LogP contribution < -0.4 is 10.9 Å². The summed E-state index contributed by atoms with van der Waals surface area (Å²) >= 11 is 2.77. The highest BCUT2D eigenvalue weighted by Crippen LogP contribution is 2.24. The molecule has 140 valence electrons. The Balaban J connectivity index is 1.65. The quantitative estimate of drug-likeness (QED) is 0.358. The lowest BCUT2D eigenvalue weighted by molar-refractivity contribution is -0.118. The van der Waals surface area contributed by atoms with E-state index in [0.29, 0.717) is 28.5 Å². The zero-order valence-corrected chi connectivity index (χ0v) is 16.7. The maximum atomic E-state index is 12.7. The fraction of sp³-hybridized carbons (Fsp3) is 0.250. The normalized spacial score (nSPS) is 10.9. The monoisotopic (exact) mass is 399 g/mol. The van der Waals surface area contributed by atoms with Gasteiger partial charge >= 0.3 is 0 Å². The molecule has 3 rings (SSSR count). The Bertz CT molecular complexity index is 1010. The number of allylic oxidation sites excluding steroid dienone is 1. The molecule has 0 saturated heterocycles. The van der Waals surface area contributed by atoms with Gasteiger partial charge in [-0.15, -0.1) is 17.9 Å². The molecule has 0 fully saturated rings. The minimum Gasteiger partial charge on any atom is -0.355 e. The number of hydrogen-bond donors (Lipinski definition) is 1. The molecular formula is C20H21N3O2S2. The van der Waals surface area contributed by atoms with Crippen LogP contribution in [0.15, 0.2) is 59.0 Å². The van der Waals surface area contributed by atoms with Crippen molar-refractivity contribution in [1.82, 2.24) is 14.9 Å². The van der Waals surface area contributed by atoms with Gasteiger partial charge in [-0.05, 0) is 25.0 Å². The van der Waals surface area contributed by atoms with Gasteiger partial charge in [0, 0.05) is 18.0 Å². The molecule has 7 heteroatoms. The Hall–Kier alpha value is -2.38. The van der Waals surface area contributed by atoms with E-state index in [1.54, 1.807) is 10.6 Å². The number of benzene rings is 1. The standard InChI is InChI=1S/C20H21N3O2S2/c1-3-11-23-19(25)16-12-14(2)27-18(16)22-20(23)26-13-17(24)21-10-9-15-7-5-4-6-8-15/h3-8,12H,1,9-11,13H2,2H3,(H,21,24). The van der Waals surface area contributed by atoms with Crippen LogP contribution in [0, 0.1) is 6.92 Å². The summed E-state index contributed by atoms with van der Waals surface area (Å²) in [6.07, 6.45) is 2.45. The molecule has 0 bridgehead atoms. The smallest absolute Gasteiger partial charge is 0.263 e. The molecule has 2 aromatic heterocycles. The molecule has 0 aliphatic carbocycles. The first-order valence-corrected chi connectivity index (χ1v) is 10.4. The van der Waals surface area contributed by atoms with E-state index in [1.165, 1.54) is 28.7 Å². The van der Waals surface area contributed by atoms with Crippen molar-refractivity contribution in [2.45, 2.75) is 25.0 Å². The predicted octanol–water partition coefficient (Wildman–Crippen LogP) is 3.40. The molecular weight excluding hydrogens is 378 g/mol. The van der Waals surface area contributed by atoms with Crippen molar-refractivity contribution in [3.05, 3.63) is 69.8 Å². The van der Waals surface area contributed by atoms with Gasteiger partial charge in [0.15, 0.2) is 5.16 Å². The van der Waals surface area contributed by atoms with Crippen LogP contribution in [0.25, 0.3) is 10.2 Å². The Labute approximate surface area is 166 Å². The maximum Gasteiger partial charge on any atom is 0.263 e. The minimum atomic E-state index is -0.0868. The number of carbonyl (C=O) groups excluding carboxylic acids is 1. The van der Waals surface area contributed by atoms with E-state index in [0.717, 1.165) is 11.3 Å². The third-order valence-electron chi connectivity index (χ3n) is 3.96. The molecule has 2 heterocycles. The number of carbonyl (C=O) groups is 1. The van der Waals surface area contributed by atoms with Gasteiger partial charge in [0.25, 0.3) is 5.56 Å². The Morgan fingerprint density at radius 1 is 1.37 bits per heavy atom. The summed E-state index contributed by atoms with van der Waals surface area (Å²) < 4.78 is 1.57. The Kier molecular flexibility index (Phi) is 6.47. The number of nitrogens with zero attached hydrogens (tertiary/aromatic N) is 2. The lowest BCUT2D eigenvalue weighted by Crippen LogP contribution is -2.28. The second-order valence-electron chi connectivity index (χ2n) is 6.05. The molecule has 3 aromatic rings. The van der Waals surface area contributed by atoms with Crippen molar-refractivity contribution in [3.8, 4) is 0 Å². The summed E-state index contributed by atoms with van der Waals surface area (Å²) in [5.41, 5.74) is 1.10. The molecule has 27 heavy (non-hydrogen) atoms. The second-order valence-corrected chi connectivity index (χ2v) is 8.23. The van der Waals surface area contributed by atoms with E-state index in [4.69, 9.17) is 0 Å². The number of thioether (sulfide) groups is 1. The summed E-state index contributed by atoms with van der Waals surface area (Å²) in [7, 11) is 0. The van der Waals surface area contributed by atoms with E-state index in [2.05, 4.69) is 16.9 Å². The highest BCUT2D eigenvalue weighted by atomic mass is 32.2. The highest BCUT2D eigenvalue weighted by Gasteiger charge is 2.14. The van der Waals surface area contributed by atoms with Crippen LogP contribution >= 0.6 is 23.1 Å². The van der Waals surface area contributed by atoms with Crippen molar-refractivity contribution < 1.29 is 4.79 Å². The largest absolute Gasteiger partial charge is 0.355 e. The first-order valence-electron chi connectivity index (χ1n) is 8.64. The van der Waals surface area contributed by atoms with E-state index < -0.39 is 0 Å². The first-order chi connectivity index (χ1) is 13.1. The molecule has 1 amide bonds. The van der Waals surface area contributed by atoms with E-state index in [1.807, 2.05) is 43.3 Å². The van der Waals surface area contributed by atoms with E-state index in [-0.39, 0.29) is 17.2 Å². The van der Waals surface area contributed by atoms with Crippen molar-refractivity contribution in [3.63, 3.8) is 0 Å². The Morgan fingerprint density at radius 2 is 2.15 bits per heavy atom. The number of aryl methyl sites for hydroxylation is 1. The van der Waals surface area contributed by atoms with Crippen molar-refractivity contribution in [2.24, 2.45) is 0 Å². The van der Waals surface area contributed by atoms with Gasteiger partial charge in [0.2, 0.25) is 5.91 Å². The van der Waals surface area contributed by atoms with Gasteiger partial charge in [0.1, 0.15) is 4.83 Å². The predicted molar refractivity (Wildman–Crippen MR) is 113 cm³/mol. The molecule has 0 unspecified atom stereocenters. The summed E-state index contributed by atoms with van der Waals surface area (Å²) in [6.45, 7) is 6.62. The van der Waals surface area contributed by atoms with Crippen LogP contribution in [0.5, 0.6) is 0 Å². The number of fused-ring (bicyclic) bond motifs is 1. The summed E-state index contributed by atoms with van der Waals surface area (Å²) in [5, 5.41) is 4.09.